The maximum absolute atomic E-state index is 13.1. The molecule has 0 radical (unpaired) electrons. The van der Waals surface area contributed by atoms with Gasteiger partial charge in [-0.3, -0.25) is 9.48 Å². The molecule has 0 N–H and O–H groups in total. The second kappa shape index (κ2) is 6.05. The van der Waals surface area contributed by atoms with Crippen LogP contribution >= 0.6 is 0 Å². The van der Waals surface area contributed by atoms with E-state index in [0.717, 1.165) is 22.6 Å². The number of carbonyl (C=O) groups is 1. The summed E-state index contributed by atoms with van der Waals surface area (Å²) < 4.78 is 20.5. The summed E-state index contributed by atoms with van der Waals surface area (Å²) in [6.45, 7) is 0.534. The number of hydrogen-bond acceptors (Lipinski definition) is 3. The summed E-state index contributed by atoms with van der Waals surface area (Å²) in [5, 5.41) is 4.36. The molecule has 0 fully saturated rings. The second-order valence-corrected chi connectivity index (χ2v) is 5.89. The van der Waals surface area contributed by atoms with Crippen molar-refractivity contribution in [1.29, 1.82) is 0 Å². The molecule has 5 nitrogen and oxygen atoms in total. The molecule has 1 aliphatic rings. The fourth-order valence-corrected chi connectivity index (χ4v) is 2.95. The first-order valence-corrected chi connectivity index (χ1v) is 7.92. The van der Waals surface area contributed by atoms with E-state index in [1.54, 1.807) is 30.1 Å². The number of hydrogen-bond donors (Lipinski definition) is 0. The summed E-state index contributed by atoms with van der Waals surface area (Å²) in [6, 6.07) is 13.5. The molecule has 0 bridgehead atoms. The van der Waals surface area contributed by atoms with E-state index in [1.807, 2.05) is 24.3 Å². The lowest BCUT2D eigenvalue weighted by Crippen LogP contribution is -2.30. The molecular weight excluding hydrogens is 321 g/mol. The van der Waals surface area contributed by atoms with Crippen molar-refractivity contribution in [2.75, 3.05) is 11.9 Å². The van der Waals surface area contributed by atoms with Gasteiger partial charge in [0.25, 0.3) is 0 Å². The Morgan fingerprint density at radius 3 is 2.80 bits per heavy atom. The topological polar surface area (TPSA) is 47.4 Å². The number of amides is 1. The molecule has 0 spiro atoms. The Kier molecular flexibility index (Phi) is 3.72. The molecule has 1 aliphatic heterocycles. The van der Waals surface area contributed by atoms with E-state index in [9.17, 15) is 9.18 Å². The molecule has 2 aromatic carbocycles. The maximum Gasteiger partial charge on any atom is 0.248 e. The molecule has 0 atom stereocenters. The van der Waals surface area contributed by atoms with E-state index < -0.39 is 0 Å². The molecule has 2 heterocycles. The van der Waals surface area contributed by atoms with Crippen LogP contribution in [0.5, 0.6) is 5.75 Å². The fraction of sp³-hybridized carbons (Fsp3) is 0.158. The van der Waals surface area contributed by atoms with Crippen LogP contribution in [0, 0.1) is 5.82 Å². The van der Waals surface area contributed by atoms with Crippen LogP contribution in [0.3, 0.4) is 0 Å². The number of likely N-dealkylation sites (N-methyl/N-ethyl adjacent to an activating group) is 1. The van der Waals surface area contributed by atoms with Gasteiger partial charge in [-0.1, -0.05) is 12.1 Å². The highest BCUT2D eigenvalue weighted by molar-refractivity contribution is 5.93. The Balaban J connectivity index is 1.61. The zero-order valence-electron chi connectivity index (χ0n) is 13.6. The monoisotopic (exact) mass is 337 g/mol. The number of carbonyl (C=O) groups excluding carboxylic acids is 1. The predicted octanol–water partition coefficient (Wildman–Crippen LogP) is 3.24. The van der Waals surface area contributed by atoms with Crippen molar-refractivity contribution in [3.05, 3.63) is 66.1 Å². The average molecular weight is 337 g/mol. The minimum atomic E-state index is -0.331. The molecule has 126 valence electrons. The molecule has 1 amide bonds. The van der Waals surface area contributed by atoms with Gasteiger partial charge in [-0.25, -0.2) is 4.39 Å². The van der Waals surface area contributed by atoms with Gasteiger partial charge >= 0.3 is 0 Å². The van der Waals surface area contributed by atoms with Crippen molar-refractivity contribution in [3.63, 3.8) is 0 Å². The van der Waals surface area contributed by atoms with E-state index in [4.69, 9.17) is 4.74 Å². The Morgan fingerprint density at radius 2 is 2.00 bits per heavy atom. The molecule has 1 aromatic heterocycles. The third-order valence-corrected chi connectivity index (χ3v) is 4.31. The van der Waals surface area contributed by atoms with Gasteiger partial charge in [0, 0.05) is 23.9 Å². The van der Waals surface area contributed by atoms with E-state index in [0.29, 0.717) is 12.3 Å². The smallest absolute Gasteiger partial charge is 0.248 e. The lowest BCUT2D eigenvalue weighted by Gasteiger charge is -2.21. The van der Waals surface area contributed by atoms with Crippen LogP contribution in [-0.2, 0) is 17.9 Å². The highest BCUT2D eigenvalue weighted by Gasteiger charge is 2.23. The molecule has 0 saturated carbocycles. The Bertz CT molecular complexity index is 934. The molecule has 0 unspecified atom stereocenters. The zero-order valence-corrected chi connectivity index (χ0v) is 13.6. The second-order valence-electron chi connectivity index (χ2n) is 5.89. The third-order valence-electron chi connectivity index (χ3n) is 4.31. The summed E-state index contributed by atoms with van der Waals surface area (Å²) in [7, 11) is 1.67. The number of ether oxygens (including phenoxy) is 1. The van der Waals surface area contributed by atoms with E-state index >= 15 is 0 Å². The number of rotatable bonds is 3. The van der Waals surface area contributed by atoms with Crippen LogP contribution in [-0.4, -0.2) is 22.7 Å². The van der Waals surface area contributed by atoms with Gasteiger partial charge in [-0.15, -0.1) is 0 Å². The fourth-order valence-electron chi connectivity index (χ4n) is 2.95. The number of fused-ring (bicyclic) bond motifs is 3. The van der Waals surface area contributed by atoms with Crippen LogP contribution in [0.1, 0.15) is 5.56 Å². The number of aromatic nitrogens is 2. The lowest BCUT2D eigenvalue weighted by atomic mass is 10.0. The SMILES string of the molecule is CN(C(=O)Cn1ncc2c1-c1ccccc1OC2)c1ccc(F)cc1. The number of nitrogens with zero attached hydrogens (tertiary/aromatic N) is 3. The largest absolute Gasteiger partial charge is 0.488 e. The van der Waals surface area contributed by atoms with Crippen molar-refractivity contribution in [2.24, 2.45) is 0 Å². The molecule has 25 heavy (non-hydrogen) atoms. The van der Waals surface area contributed by atoms with E-state index in [2.05, 4.69) is 5.10 Å². The molecule has 4 rings (SSSR count). The van der Waals surface area contributed by atoms with Crippen molar-refractivity contribution in [1.82, 2.24) is 9.78 Å². The quantitative estimate of drug-likeness (QED) is 0.737. The summed E-state index contributed by atoms with van der Waals surface area (Å²) in [5.74, 6) is 0.319. The van der Waals surface area contributed by atoms with Crippen LogP contribution in [0.2, 0.25) is 0 Å². The lowest BCUT2D eigenvalue weighted by molar-refractivity contribution is -0.119. The van der Waals surface area contributed by atoms with Gasteiger partial charge in [-0.05, 0) is 36.4 Å². The van der Waals surface area contributed by atoms with Gasteiger partial charge in [-0.2, -0.15) is 5.10 Å². The minimum absolute atomic E-state index is 0.0948. The first-order valence-electron chi connectivity index (χ1n) is 7.92. The predicted molar refractivity (Wildman–Crippen MR) is 91.8 cm³/mol. The van der Waals surface area contributed by atoms with Gasteiger partial charge in [0.05, 0.1) is 11.9 Å². The number of benzene rings is 2. The molecule has 6 heteroatoms. The van der Waals surface area contributed by atoms with Crippen molar-refractivity contribution < 1.29 is 13.9 Å². The number of anilines is 1. The standard InChI is InChI=1S/C19H16FN3O2/c1-22(15-8-6-14(20)7-9-15)18(24)11-23-19-13(10-21-23)12-25-17-5-3-2-4-16(17)19/h2-10H,11-12H2,1H3. The average Bonchev–Trinajstić information content (AvgIpc) is 3.05. The molecule has 0 aliphatic carbocycles. The minimum Gasteiger partial charge on any atom is -0.488 e. The first-order chi connectivity index (χ1) is 12.1. The Morgan fingerprint density at radius 1 is 1.24 bits per heavy atom. The summed E-state index contributed by atoms with van der Waals surface area (Å²) in [6.07, 6.45) is 1.73. The van der Waals surface area contributed by atoms with Crippen LogP contribution in [0.15, 0.2) is 54.7 Å². The normalized spacial score (nSPS) is 12.1. The van der Waals surface area contributed by atoms with Gasteiger partial charge in [0.15, 0.2) is 0 Å². The molecular formula is C19H16FN3O2. The summed E-state index contributed by atoms with van der Waals surface area (Å²) in [4.78, 5) is 14.1. The molecule has 3 aromatic rings. The van der Waals surface area contributed by atoms with Crippen molar-refractivity contribution in [2.45, 2.75) is 13.2 Å². The highest BCUT2D eigenvalue weighted by atomic mass is 19.1. The van der Waals surface area contributed by atoms with E-state index in [-0.39, 0.29) is 18.3 Å². The number of halogens is 1. The summed E-state index contributed by atoms with van der Waals surface area (Å²) >= 11 is 0. The van der Waals surface area contributed by atoms with Crippen molar-refractivity contribution in [3.8, 4) is 17.0 Å². The summed E-state index contributed by atoms with van der Waals surface area (Å²) in [5.41, 5.74) is 3.42. The third kappa shape index (κ3) is 2.76. The van der Waals surface area contributed by atoms with Gasteiger partial charge < -0.3 is 9.64 Å². The van der Waals surface area contributed by atoms with Gasteiger partial charge in [0.1, 0.15) is 24.7 Å². The van der Waals surface area contributed by atoms with Gasteiger partial charge in [0.2, 0.25) is 5.91 Å². The van der Waals surface area contributed by atoms with Crippen molar-refractivity contribution >= 4 is 11.6 Å². The van der Waals surface area contributed by atoms with Crippen LogP contribution in [0.25, 0.3) is 11.3 Å². The Labute approximate surface area is 144 Å². The van der Waals surface area contributed by atoms with Crippen LogP contribution < -0.4 is 9.64 Å². The highest BCUT2D eigenvalue weighted by Crippen LogP contribution is 2.37. The van der Waals surface area contributed by atoms with Crippen LogP contribution in [0.4, 0.5) is 10.1 Å². The number of para-hydroxylation sites is 1. The van der Waals surface area contributed by atoms with E-state index in [1.165, 1.54) is 17.0 Å². The first kappa shape index (κ1) is 15.4. The molecule has 0 saturated heterocycles. The zero-order chi connectivity index (χ0) is 17.4. The maximum atomic E-state index is 13.1. The Hall–Kier alpha value is -3.15.